The third kappa shape index (κ3) is 4.21. The van der Waals surface area contributed by atoms with E-state index < -0.39 is 11.1 Å². The van der Waals surface area contributed by atoms with Crippen LogP contribution in [0.3, 0.4) is 0 Å². The number of piperidine rings is 1. The predicted molar refractivity (Wildman–Crippen MR) is 145 cm³/mol. The van der Waals surface area contributed by atoms with Gasteiger partial charge in [0.05, 0.1) is 0 Å². The molecule has 2 heterocycles. The summed E-state index contributed by atoms with van der Waals surface area (Å²) in [5.41, 5.74) is 4.77. The van der Waals surface area contributed by atoms with Crippen LogP contribution in [0.2, 0.25) is 0 Å². The van der Waals surface area contributed by atoms with Gasteiger partial charge in [-0.25, -0.2) is 9.37 Å². The number of aromatic amines is 1. The Labute approximate surface area is 214 Å². The van der Waals surface area contributed by atoms with Gasteiger partial charge in [-0.3, -0.25) is 5.10 Å². The molecule has 1 atom stereocenters. The number of terminal acetylenes is 1. The lowest BCUT2D eigenvalue weighted by atomic mass is 9.66. The van der Waals surface area contributed by atoms with Crippen molar-refractivity contribution in [3.05, 3.63) is 65.0 Å². The average molecular weight is 485 g/mol. The van der Waals surface area contributed by atoms with E-state index in [9.17, 15) is 0 Å². The van der Waals surface area contributed by atoms with E-state index in [1.54, 1.807) is 0 Å². The largest absolute Gasteiger partial charge is 0.371 e. The number of nitrogens with zero attached hydrogens (tertiary/aromatic N) is 3. The van der Waals surface area contributed by atoms with Gasteiger partial charge >= 0.3 is 0 Å². The monoisotopic (exact) mass is 484 g/mol. The van der Waals surface area contributed by atoms with E-state index in [1.807, 2.05) is 25.2 Å². The molecular weight excluding hydrogens is 447 g/mol. The Morgan fingerprint density at radius 1 is 1.31 bits per heavy atom. The predicted octanol–water partition coefficient (Wildman–Crippen LogP) is 6.91. The molecule has 1 saturated heterocycles. The molecule has 1 saturated carbocycles. The Hall–Kier alpha value is -3.13. The van der Waals surface area contributed by atoms with E-state index in [4.69, 9.17) is 11.4 Å². The average Bonchev–Trinajstić information content (AvgIpc) is 3.33. The second kappa shape index (κ2) is 9.39. The smallest absolute Gasteiger partial charge is 0.181 e. The second-order valence-corrected chi connectivity index (χ2v) is 11.0. The molecule has 1 aromatic carbocycles. The maximum absolute atomic E-state index is 16.3. The summed E-state index contributed by atoms with van der Waals surface area (Å²) in [6, 6.07) is 4.54. The maximum atomic E-state index is 16.3. The summed E-state index contributed by atoms with van der Waals surface area (Å²) in [4.78, 5) is 7.00. The Morgan fingerprint density at radius 3 is 2.61 bits per heavy atom. The zero-order valence-corrected chi connectivity index (χ0v) is 21.8. The third-order valence-electron chi connectivity index (χ3n) is 8.86. The van der Waals surface area contributed by atoms with Crippen LogP contribution < -0.4 is 0 Å². The summed E-state index contributed by atoms with van der Waals surface area (Å²) < 4.78 is 16.3. The first-order chi connectivity index (χ1) is 17.3. The van der Waals surface area contributed by atoms with Crippen LogP contribution in [-0.2, 0) is 6.42 Å². The zero-order chi connectivity index (χ0) is 25.5. The molecule has 188 valence electrons. The normalized spacial score (nSPS) is 23.6. The molecule has 0 spiro atoms. The van der Waals surface area contributed by atoms with E-state index in [0.29, 0.717) is 38.3 Å². The fourth-order valence-electron chi connectivity index (χ4n) is 5.91. The molecule has 3 aliphatic rings. The zero-order valence-electron chi connectivity index (χ0n) is 21.8. The number of aromatic nitrogens is 3. The third-order valence-corrected chi connectivity index (χ3v) is 8.86. The van der Waals surface area contributed by atoms with Crippen molar-refractivity contribution < 1.29 is 4.39 Å². The minimum Gasteiger partial charge on any atom is -0.371 e. The molecule has 0 amide bonds. The van der Waals surface area contributed by atoms with Crippen LogP contribution in [-0.4, -0.2) is 38.8 Å². The van der Waals surface area contributed by atoms with Gasteiger partial charge in [-0.15, -0.1) is 6.42 Å². The summed E-state index contributed by atoms with van der Waals surface area (Å²) in [6.07, 6.45) is 17.5. The van der Waals surface area contributed by atoms with Crippen LogP contribution in [0.5, 0.6) is 0 Å². The van der Waals surface area contributed by atoms with Gasteiger partial charge in [0, 0.05) is 47.3 Å². The number of halogens is 1. The van der Waals surface area contributed by atoms with Crippen LogP contribution in [0.1, 0.15) is 80.8 Å². The molecular formula is C31H37FN4. The molecule has 4 nitrogen and oxygen atoms in total. The highest BCUT2D eigenvalue weighted by atomic mass is 19.1. The summed E-state index contributed by atoms with van der Waals surface area (Å²) in [5, 5.41) is 7.62. The first-order valence-corrected chi connectivity index (χ1v) is 13.3. The Bertz CT molecular complexity index is 1260. The minimum absolute atomic E-state index is 0.471. The Morgan fingerprint density at radius 2 is 2.06 bits per heavy atom. The van der Waals surface area contributed by atoms with Gasteiger partial charge in [0.15, 0.2) is 5.82 Å². The number of rotatable bonds is 6. The van der Waals surface area contributed by atoms with Gasteiger partial charge in [-0.1, -0.05) is 57.1 Å². The topological polar surface area (TPSA) is 44.8 Å². The first-order valence-electron chi connectivity index (χ1n) is 13.3. The number of alkyl halides is 1. The highest BCUT2D eigenvalue weighted by molar-refractivity contribution is 5.73. The van der Waals surface area contributed by atoms with Crippen LogP contribution in [0, 0.1) is 24.7 Å². The molecule has 0 radical (unpaired) electrons. The molecule has 1 N–H and O–H groups in total. The van der Waals surface area contributed by atoms with Crippen molar-refractivity contribution in [3.8, 4) is 23.7 Å². The molecule has 5 rings (SSSR count). The van der Waals surface area contributed by atoms with Crippen molar-refractivity contribution in [3.63, 3.8) is 0 Å². The maximum Gasteiger partial charge on any atom is 0.181 e. The SMILES string of the molecule is C#CC1=CCC(C)(C2(F)CCN(C(=C)c3cc(-c4n[nH]c(CC)n4)c(C4CCC4)cc3C)CC2)C=C1. The Kier molecular flexibility index (Phi) is 6.41. The van der Waals surface area contributed by atoms with Gasteiger partial charge < -0.3 is 4.90 Å². The highest BCUT2D eigenvalue weighted by Gasteiger charge is 2.49. The number of hydrogen-bond acceptors (Lipinski definition) is 3. The van der Waals surface area contributed by atoms with Crippen LogP contribution in [0.15, 0.2) is 42.5 Å². The molecule has 36 heavy (non-hydrogen) atoms. The van der Waals surface area contributed by atoms with Crippen LogP contribution >= 0.6 is 0 Å². The number of likely N-dealkylation sites (tertiary alicyclic amines) is 1. The highest BCUT2D eigenvalue weighted by Crippen LogP contribution is 2.49. The molecule has 1 unspecified atom stereocenters. The van der Waals surface area contributed by atoms with Gasteiger partial charge in [0.1, 0.15) is 11.5 Å². The lowest BCUT2D eigenvalue weighted by Crippen LogP contribution is -2.50. The van der Waals surface area contributed by atoms with E-state index >= 15 is 4.39 Å². The van der Waals surface area contributed by atoms with Crippen molar-refractivity contribution in [1.29, 1.82) is 0 Å². The molecule has 5 heteroatoms. The van der Waals surface area contributed by atoms with Crippen molar-refractivity contribution in [2.24, 2.45) is 5.41 Å². The summed E-state index contributed by atoms with van der Waals surface area (Å²) in [7, 11) is 0. The quantitative estimate of drug-likeness (QED) is 0.453. The number of aryl methyl sites for hydroxylation is 2. The Balaban J connectivity index is 1.38. The van der Waals surface area contributed by atoms with E-state index in [-0.39, 0.29) is 0 Å². The van der Waals surface area contributed by atoms with E-state index in [2.05, 4.69) is 53.6 Å². The van der Waals surface area contributed by atoms with E-state index in [0.717, 1.165) is 40.5 Å². The number of benzene rings is 1. The summed E-state index contributed by atoms with van der Waals surface area (Å²) in [6.45, 7) is 12.0. The molecule has 1 aliphatic heterocycles. The molecule has 2 fully saturated rings. The number of H-pyrrole nitrogens is 1. The standard InChI is InChI=1S/C31H37FN4/c1-6-23-11-13-30(5,14-12-23)31(32)15-17-36(18-16-31)22(4)25-20-27(29-33-28(7-2)34-35-29)26(19-21(25)3)24-9-8-10-24/h1,11-13,19-20,24H,4,7-10,14-18H2,2-3,5H3,(H,33,34,35). The van der Waals surface area contributed by atoms with Gasteiger partial charge in [-0.2, -0.15) is 5.10 Å². The minimum atomic E-state index is -1.26. The number of hydrogen-bond donors (Lipinski definition) is 1. The van der Waals surface area contributed by atoms with Crippen molar-refractivity contribution in [2.75, 3.05) is 13.1 Å². The van der Waals surface area contributed by atoms with E-state index in [1.165, 1.54) is 30.4 Å². The molecule has 1 aromatic heterocycles. The first kappa shape index (κ1) is 24.6. The van der Waals surface area contributed by atoms with Crippen molar-refractivity contribution in [2.45, 2.75) is 77.3 Å². The number of allylic oxidation sites excluding steroid dienone is 4. The van der Waals surface area contributed by atoms with Gasteiger partial charge in [0.25, 0.3) is 0 Å². The van der Waals surface area contributed by atoms with Gasteiger partial charge in [-0.05, 0) is 62.1 Å². The molecule has 2 aliphatic carbocycles. The van der Waals surface area contributed by atoms with Crippen molar-refractivity contribution >= 4 is 5.70 Å². The van der Waals surface area contributed by atoms with Crippen LogP contribution in [0.4, 0.5) is 4.39 Å². The lowest BCUT2D eigenvalue weighted by molar-refractivity contribution is -0.0110. The summed E-state index contributed by atoms with van der Waals surface area (Å²) >= 11 is 0. The number of nitrogens with one attached hydrogen (secondary N) is 1. The van der Waals surface area contributed by atoms with Crippen molar-refractivity contribution in [1.82, 2.24) is 20.1 Å². The fraction of sp³-hybridized carbons (Fsp3) is 0.484. The lowest BCUT2D eigenvalue weighted by Gasteiger charge is -2.47. The molecule has 0 bridgehead atoms. The second-order valence-electron chi connectivity index (χ2n) is 11.0. The van der Waals surface area contributed by atoms with Gasteiger partial charge in [0.2, 0.25) is 0 Å². The van der Waals surface area contributed by atoms with Crippen LogP contribution in [0.25, 0.3) is 17.1 Å². The molecule has 2 aromatic rings. The fourth-order valence-corrected chi connectivity index (χ4v) is 5.91. The summed E-state index contributed by atoms with van der Waals surface area (Å²) in [5.74, 6) is 4.90.